The summed E-state index contributed by atoms with van der Waals surface area (Å²) >= 11 is 0. The van der Waals surface area contributed by atoms with Crippen LogP contribution in [-0.2, 0) is 0 Å². The molecule has 0 aliphatic rings. The Labute approximate surface area is 91.2 Å². The first-order valence-corrected chi connectivity index (χ1v) is 5.15. The van der Waals surface area contributed by atoms with Gasteiger partial charge in [-0.2, -0.15) is 4.39 Å². The van der Waals surface area contributed by atoms with Crippen LogP contribution in [0.15, 0.2) is 23.5 Å². The molecule has 0 amide bonds. The fourth-order valence-corrected chi connectivity index (χ4v) is 1.10. The predicted octanol–water partition coefficient (Wildman–Crippen LogP) is 3.81. The quantitative estimate of drug-likeness (QED) is 0.286. The summed E-state index contributed by atoms with van der Waals surface area (Å²) in [6.45, 7) is 2.12. The van der Waals surface area contributed by atoms with Crippen LogP contribution in [0.4, 0.5) is 8.78 Å². The molecule has 82 valence electrons. The molecule has 0 saturated heterocycles. The molecule has 0 aromatic carbocycles. The van der Waals surface area contributed by atoms with Crippen molar-refractivity contribution >= 4 is 13.8 Å². The van der Waals surface area contributed by atoms with Gasteiger partial charge < -0.3 is 0 Å². The molecule has 0 spiro atoms. The Morgan fingerprint density at radius 2 is 1.93 bits per heavy atom. The minimum Gasteiger partial charge on any atom is -0.272 e. The Morgan fingerprint density at radius 3 is 2.47 bits per heavy atom. The van der Waals surface area contributed by atoms with Crippen molar-refractivity contribution in [2.24, 2.45) is 0 Å². The van der Waals surface area contributed by atoms with Gasteiger partial charge in [-0.1, -0.05) is 43.8 Å². The lowest BCUT2D eigenvalue weighted by molar-refractivity contribution is 0.634. The Bertz CT molecular complexity index is 259. The van der Waals surface area contributed by atoms with E-state index in [2.05, 4.69) is 6.92 Å². The molecular formula is C11H16BF2N. The second-order valence-corrected chi connectivity index (χ2v) is 3.34. The van der Waals surface area contributed by atoms with Crippen LogP contribution in [0.5, 0.6) is 0 Å². The number of allylic oxidation sites excluding steroid dienone is 4. The van der Waals surface area contributed by atoms with Gasteiger partial charge in [0, 0.05) is 0 Å². The summed E-state index contributed by atoms with van der Waals surface area (Å²) in [5, 5.41) is 6.39. The van der Waals surface area contributed by atoms with Crippen molar-refractivity contribution in [1.82, 2.24) is 0 Å². The first-order valence-electron chi connectivity index (χ1n) is 5.15. The Balaban J connectivity index is 3.86. The van der Waals surface area contributed by atoms with E-state index in [4.69, 9.17) is 13.3 Å². The third-order valence-corrected chi connectivity index (χ3v) is 1.97. The number of rotatable bonds is 7. The van der Waals surface area contributed by atoms with E-state index in [1.807, 2.05) is 0 Å². The van der Waals surface area contributed by atoms with E-state index in [0.29, 0.717) is 0 Å². The molecule has 0 unspecified atom stereocenters. The molecule has 0 aromatic heterocycles. The highest BCUT2D eigenvalue weighted by molar-refractivity contribution is 6.25. The Kier molecular flexibility index (Phi) is 7.87. The molecular weight excluding hydrogens is 195 g/mol. The largest absolute Gasteiger partial charge is 0.272 e. The molecule has 0 aromatic rings. The van der Waals surface area contributed by atoms with E-state index >= 15 is 0 Å². The lowest BCUT2D eigenvalue weighted by Crippen LogP contribution is -1.92. The monoisotopic (exact) mass is 211 g/mol. The predicted molar refractivity (Wildman–Crippen MR) is 60.6 cm³/mol. The summed E-state index contributed by atoms with van der Waals surface area (Å²) in [5.74, 6) is -2.91. The summed E-state index contributed by atoms with van der Waals surface area (Å²) < 4.78 is 24.7. The second-order valence-electron chi connectivity index (χ2n) is 3.34. The van der Waals surface area contributed by atoms with Crippen molar-refractivity contribution in [3.63, 3.8) is 0 Å². The smallest absolute Gasteiger partial charge is 0.240 e. The van der Waals surface area contributed by atoms with Crippen LogP contribution in [0, 0.1) is 5.41 Å². The van der Waals surface area contributed by atoms with Gasteiger partial charge in [-0.15, -0.1) is 0 Å². The molecule has 0 bridgehead atoms. The van der Waals surface area contributed by atoms with E-state index in [9.17, 15) is 8.78 Å². The molecule has 1 nitrogen and oxygen atoms in total. The van der Waals surface area contributed by atoms with Gasteiger partial charge in [-0.05, 0) is 12.8 Å². The summed E-state index contributed by atoms with van der Waals surface area (Å²) in [4.78, 5) is 0. The van der Waals surface area contributed by atoms with Gasteiger partial charge in [0.05, 0.1) is 0 Å². The van der Waals surface area contributed by atoms with Crippen molar-refractivity contribution in [1.29, 1.82) is 5.41 Å². The van der Waals surface area contributed by atoms with Gasteiger partial charge in [0.2, 0.25) is 5.97 Å². The van der Waals surface area contributed by atoms with Crippen LogP contribution in [0.3, 0.4) is 0 Å². The number of nitrogens with one attached hydrogen (secondary N) is 1. The van der Waals surface area contributed by atoms with Crippen LogP contribution in [-0.4, -0.2) is 13.8 Å². The molecule has 0 rings (SSSR count). The molecule has 0 heterocycles. The average molecular weight is 211 g/mol. The summed E-state index contributed by atoms with van der Waals surface area (Å²) in [5.41, 5.74) is -0.321. The molecule has 0 fully saturated rings. The molecule has 2 radical (unpaired) electrons. The van der Waals surface area contributed by atoms with E-state index in [1.165, 1.54) is 18.9 Å². The van der Waals surface area contributed by atoms with Crippen molar-refractivity contribution in [3.05, 3.63) is 23.5 Å². The van der Waals surface area contributed by atoms with E-state index in [-0.39, 0.29) is 5.47 Å². The zero-order chi connectivity index (χ0) is 11.7. The number of halogens is 2. The molecule has 15 heavy (non-hydrogen) atoms. The molecule has 0 aliphatic heterocycles. The summed E-state index contributed by atoms with van der Waals surface area (Å²) in [6, 6.07) is 0. The highest BCUT2D eigenvalue weighted by atomic mass is 19.2. The Morgan fingerprint density at radius 1 is 1.27 bits per heavy atom. The standard InChI is InChI=1S/C11H16BF2N/c1-2-3-4-5-6-7-8-9(12)10(13)11(14)15/h7-8,15H,2-6H2,1H3/b8-7-,10-9-,15-11?. The minimum absolute atomic E-state index is 0.321. The SMILES string of the molecule is [B]C(/C=C\CCCCCC)=C(\F)C(=N)F. The van der Waals surface area contributed by atoms with Crippen molar-refractivity contribution in [2.75, 3.05) is 0 Å². The fraction of sp³-hybridized carbons (Fsp3) is 0.545. The van der Waals surface area contributed by atoms with Gasteiger partial charge in [0.25, 0.3) is 0 Å². The molecule has 0 aliphatic carbocycles. The molecule has 0 saturated carbocycles. The van der Waals surface area contributed by atoms with Gasteiger partial charge in [0.15, 0.2) is 5.83 Å². The van der Waals surface area contributed by atoms with Crippen molar-refractivity contribution < 1.29 is 8.78 Å². The fourth-order valence-electron chi connectivity index (χ4n) is 1.10. The van der Waals surface area contributed by atoms with Gasteiger partial charge in [0.1, 0.15) is 7.85 Å². The van der Waals surface area contributed by atoms with Crippen LogP contribution in [0.1, 0.15) is 39.0 Å². The normalized spacial score (nSPS) is 13.0. The zero-order valence-electron chi connectivity index (χ0n) is 9.02. The minimum atomic E-state index is -1.62. The average Bonchev–Trinajstić information content (AvgIpc) is 2.21. The first-order chi connectivity index (χ1) is 7.09. The summed E-state index contributed by atoms with van der Waals surface area (Å²) in [7, 11) is 5.20. The number of hydrogen-bond donors (Lipinski definition) is 1. The molecule has 0 atom stereocenters. The van der Waals surface area contributed by atoms with Gasteiger partial charge in [-0.3, -0.25) is 5.41 Å². The van der Waals surface area contributed by atoms with Gasteiger partial charge >= 0.3 is 0 Å². The third-order valence-electron chi connectivity index (χ3n) is 1.97. The lowest BCUT2D eigenvalue weighted by Gasteiger charge is -1.96. The number of unbranched alkanes of at least 4 members (excludes halogenated alkanes) is 4. The second kappa shape index (κ2) is 8.39. The van der Waals surface area contributed by atoms with Crippen LogP contribution in [0.25, 0.3) is 0 Å². The number of hydrogen-bond acceptors (Lipinski definition) is 1. The Hall–Kier alpha value is -0.925. The molecule has 1 N–H and O–H groups in total. The van der Waals surface area contributed by atoms with Crippen molar-refractivity contribution in [3.8, 4) is 0 Å². The van der Waals surface area contributed by atoms with Crippen LogP contribution >= 0.6 is 0 Å². The van der Waals surface area contributed by atoms with E-state index in [0.717, 1.165) is 19.3 Å². The lowest BCUT2D eigenvalue weighted by atomic mass is 9.93. The maximum Gasteiger partial charge on any atom is 0.240 e. The van der Waals surface area contributed by atoms with Crippen molar-refractivity contribution in [2.45, 2.75) is 39.0 Å². The zero-order valence-corrected chi connectivity index (χ0v) is 9.02. The van der Waals surface area contributed by atoms with Crippen LogP contribution in [0.2, 0.25) is 0 Å². The van der Waals surface area contributed by atoms with Gasteiger partial charge in [-0.25, -0.2) is 4.39 Å². The highest BCUT2D eigenvalue weighted by Crippen LogP contribution is 2.08. The van der Waals surface area contributed by atoms with E-state index in [1.54, 1.807) is 6.08 Å². The maximum atomic E-state index is 12.7. The topological polar surface area (TPSA) is 23.9 Å². The summed E-state index contributed by atoms with van der Waals surface area (Å²) in [6.07, 6.45) is 8.32. The van der Waals surface area contributed by atoms with E-state index < -0.39 is 11.8 Å². The third kappa shape index (κ3) is 7.06. The van der Waals surface area contributed by atoms with Crippen LogP contribution < -0.4 is 0 Å². The maximum absolute atomic E-state index is 12.7. The molecule has 4 heteroatoms. The first kappa shape index (κ1) is 14.1. The highest BCUT2D eigenvalue weighted by Gasteiger charge is 2.03.